The van der Waals surface area contributed by atoms with Gasteiger partial charge in [0.1, 0.15) is 11.0 Å². The normalized spacial score (nSPS) is 12.0. The van der Waals surface area contributed by atoms with Crippen LogP contribution < -0.4 is 0 Å². The Kier molecular flexibility index (Phi) is 13.8. The predicted octanol–water partition coefficient (Wildman–Crippen LogP) is 16.5. The van der Waals surface area contributed by atoms with Crippen LogP contribution in [0.5, 0.6) is 0 Å². The summed E-state index contributed by atoms with van der Waals surface area (Å²) in [6.07, 6.45) is 24.5. The molecule has 0 radical (unpaired) electrons. The summed E-state index contributed by atoms with van der Waals surface area (Å²) in [5.41, 5.74) is 8.48. The number of hydrogen-bond donors (Lipinski definition) is 0. The van der Waals surface area contributed by atoms with Gasteiger partial charge in [0.2, 0.25) is 0 Å². The zero-order valence-corrected chi connectivity index (χ0v) is 34.4. The quantitative estimate of drug-likeness (QED) is 0.0644. The van der Waals surface area contributed by atoms with E-state index >= 15 is 0 Å². The van der Waals surface area contributed by atoms with Gasteiger partial charge in [0, 0.05) is 48.1 Å². The van der Waals surface area contributed by atoms with Crippen LogP contribution in [0.2, 0.25) is 0 Å². The summed E-state index contributed by atoms with van der Waals surface area (Å²) >= 11 is 4.95. The van der Waals surface area contributed by atoms with Crippen LogP contribution in [0.25, 0.3) is 64.2 Å². The standard InChI is InChI=1S/C47H57N3S3/c1-3-5-7-9-11-13-15-17-22-36(23-18-16-14-12-10-8-6-4-2)50-41-25-20-19-24-37(41)38-28-27-35(34-42(38)50)43-31-32-45(52-43)40-30-29-39(44-26-21-33-51-44)46-47(40)49-53-48-46/h19-21,24-34,36H,3-18,22-23H2,1-2H3. The van der Waals surface area contributed by atoms with Gasteiger partial charge in [0.25, 0.3) is 0 Å². The number of unbranched alkanes of at least 4 members (excludes halogenated alkanes) is 14. The molecule has 53 heavy (non-hydrogen) atoms. The molecule has 0 unspecified atom stereocenters. The highest BCUT2D eigenvalue weighted by molar-refractivity contribution is 7.19. The summed E-state index contributed by atoms with van der Waals surface area (Å²) in [7, 11) is 0. The van der Waals surface area contributed by atoms with Gasteiger partial charge in [0.15, 0.2) is 0 Å². The van der Waals surface area contributed by atoms with Crippen molar-refractivity contribution in [2.24, 2.45) is 0 Å². The highest BCUT2D eigenvalue weighted by atomic mass is 32.1. The molecule has 0 atom stereocenters. The van der Waals surface area contributed by atoms with Gasteiger partial charge in [0.05, 0.1) is 17.2 Å². The molecule has 4 heterocycles. The topological polar surface area (TPSA) is 30.7 Å². The zero-order chi connectivity index (χ0) is 36.2. The molecule has 0 saturated heterocycles. The van der Waals surface area contributed by atoms with Gasteiger partial charge in [-0.25, -0.2) is 0 Å². The van der Waals surface area contributed by atoms with Gasteiger partial charge in [-0.2, -0.15) is 8.75 Å². The van der Waals surface area contributed by atoms with E-state index in [1.54, 1.807) is 11.3 Å². The van der Waals surface area contributed by atoms with Crippen molar-refractivity contribution < 1.29 is 0 Å². The fourth-order valence-corrected chi connectivity index (χ4v) is 10.7. The van der Waals surface area contributed by atoms with Crippen LogP contribution in [0, 0.1) is 0 Å². The van der Waals surface area contributed by atoms with Gasteiger partial charge < -0.3 is 4.57 Å². The molecule has 278 valence electrons. The van der Waals surface area contributed by atoms with Crippen molar-refractivity contribution in [2.75, 3.05) is 0 Å². The van der Waals surface area contributed by atoms with Crippen molar-refractivity contribution in [3.05, 3.63) is 84.2 Å². The highest BCUT2D eigenvalue weighted by Gasteiger charge is 2.20. The second-order valence-corrected chi connectivity index (χ2v) is 17.6. The van der Waals surface area contributed by atoms with Crippen LogP contribution in [-0.2, 0) is 0 Å². The minimum absolute atomic E-state index is 0.527. The van der Waals surface area contributed by atoms with E-state index < -0.39 is 0 Å². The van der Waals surface area contributed by atoms with Gasteiger partial charge in [-0.1, -0.05) is 165 Å². The Labute approximate surface area is 329 Å². The van der Waals surface area contributed by atoms with Crippen LogP contribution >= 0.6 is 34.4 Å². The molecule has 3 aromatic carbocycles. The SMILES string of the molecule is CCCCCCCCCCC(CCCCCCCCCC)n1c2ccccc2c2ccc(-c3ccc(-c4ccc(-c5cccs5)c5nsnc45)s3)cc21. The fourth-order valence-electron chi connectivity index (χ4n) is 8.31. The number of para-hydroxylation sites is 1. The molecule has 0 bridgehead atoms. The van der Waals surface area contributed by atoms with Crippen LogP contribution in [0.3, 0.4) is 0 Å². The van der Waals surface area contributed by atoms with E-state index in [-0.39, 0.29) is 0 Å². The van der Waals surface area contributed by atoms with Crippen molar-refractivity contribution in [1.82, 2.24) is 13.3 Å². The maximum atomic E-state index is 4.79. The Bertz CT molecular complexity index is 2130. The Morgan fingerprint density at radius 2 is 1.11 bits per heavy atom. The molecule has 4 aromatic heterocycles. The first-order valence-electron chi connectivity index (χ1n) is 20.7. The first kappa shape index (κ1) is 38.0. The van der Waals surface area contributed by atoms with E-state index in [0.717, 1.165) is 11.0 Å². The number of aromatic nitrogens is 3. The lowest BCUT2D eigenvalue weighted by Gasteiger charge is -2.22. The molecular formula is C47H57N3S3. The Balaban J connectivity index is 1.15. The molecule has 7 rings (SSSR count). The summed E-state index contributed by atoms with van der Waals surface area (Å²) in [5.74, 6) is 0. The Hall–Kier alpha value is -3.32. The van der Waals surface area contributed by atoms with Crippen LogP contribution in [0.4, 0.5) is 0 Å². The molecule has 0 fully saturated rings. The number of thiophene rings is 2. The van der Waals surface area contributed by atoms with Gasteiger partial charge in [-0.15, -0.1) is 22.7 Å². The first-order valence-corrected chi connectivity index (χ1v) is 23.1. The van der Waals surface area contributed by atoms with Crippen LogP contribution in [-0.4, -0.2) is 13.3 Å². The molecule has 0 spiro atoms. The Morgan fingerprint density at radius 3 is 1.75 bits per heavy atom. The van der Waals surface area contributed by atoms with Crippen molar-refractivity contribution in [3.63, 3.8) is 0 Å². The molecule has 0 aliphatic carbocycles. The fraction of sp³-hybridized carbons (Fsp3) is 0.447. The van der Waals surface area contributed by atoms with E-state index in [0.29, 0.717) is 6.04 Å². The molecule has 3 nitrogen and oxygen atoms in total. The lowest BCUT2D eigenvalue weighted by molar-refractivity contribution is 0.409. The number of fused-ring (bicyclic) bond motifs is 4. The van der Waals surface area contributed by atoms with Gasteiger partial charge in [-0.05, 0) is 54.1 Å². The second kappa shape index (κ2) is 19.3. The number of hydrogen-bond acceptors (Lipinski definition) is 5. The molecule has 6 heteroatoms. The smallest absolute Gasteiger partial charge is 0.114 e. The average molecular weight is 760 g/mol. The lowest BCUT2D eigenvalue weighted by atomic mass is 9.99. The highest BCUT2D eigenvalue weighted by Crippen LogP contribution is 2.43. The number of rotatable bonds is 22. The largest absolute Gasteiger partial charge is 0.337 e. The molecular weight excluding hydrogens is 703 g/mol. The number of benzene rings is 3. The summed E-state index contributed by atoms with van der Waals surface area (Å²) in [5, 5.41) is 4.91. The van der Waals surface area contributed by atoms with Crippen molar-refractivity contribution >= 4 is 67.2 Å². The monoisotopic (exact) mass is 759 g/mol. The third kappa shape index (κ3) is 9.15. The minimum atomic E-state index is 0.527. The van der Waals surface area contributed by atoms with E-state index in [1.165, 1.54) is 180 Å². The van der Waals surface area contributed by atoms with Crippen LogP contribution in [0.15, 0.2) is 84.2 Å². The Morgan fingerprint density at radius 1 is 0.528 bits per heavy atom. The lowest BCUT2D eigenvalue weighted by Crippen LogP contribution is -2.09. The summed E-state index contributed by atoms with van der Waals surface area (Å²) in [6, 6.07) is 30.3. The summed E-state index contributed by atoms with van der Waals surface area (Å²) < 4.78 is 12.3. The van der Waals surface area contributed by atoms with Crippen molar-refractivity contribution in [2.45, 2.75) is 135 Å². The molecule has 0 N–H and O–H groups in total. The van der Waals surface area contributed by atoms with Gasteiger partial charge >= 0.3 is 0 Å². The first-order chi connectivity index (χ1) is 26.3. The zero-order valence-electron chi connectivity index (χ0n) is 32.0. The summed E-state index contributed by atoms with van der Waals surface area (Å²) in [6.45, 7) is 4.62. The van der Waals surface area contributed by atoms with E-state index in [1.807, 2.05) is 11.3 Å². The predicted molar refractivity (Wildman–Crippen MR) is 236 cm³/mol. The van der Waals surface area contributed by atoms with E-state index in [4.69, 9.17) is 8.75 Å². The molecule has 0 amide bonds. The third-order valence-corrected chi connectivity index (χ3v) is 13.8. The van der Waals surface area contributed by atoms with Crippen molar-refractivity contribution in [1.29, 1.82) is 0 Å². The summed E-state index contributed by atoms with van der Waals surface area (Å²) in [4.78, 5) is 3.80. The molecule has 7 aromatic rings. The van der Waals surface area contributed by atoms with Gasteiger partial charge in [-0.3, -0.25) is 0 Å². The minimum Gasteiger partial charge on any atom is -0.337 e. The number of nitrogens with zero attached hydrogens (tertiary/aromatic N) is 3. The average Bonchev–Trinajstić information content (AvgIpc) is 4.03. The second-order valence-electron chi connectivity index (χ2n) is 15.1. The van der Waals surface area contributed by atoms with Crippen LogP contribution in [0.1, 0.15) is 135 Å². The van der Waals surface area contributed by atoms with Crippen molar-refractivity contribution in [3.8, 4) is 31.3 Å². The molecule has 0 saturated carbocycles. The molecule has 0 aliphatic heterocycles. The van der Waals surface area contributed by atoms with E-state index in [9.17, 15) is 0 Å². The maximum absolute atomic E-state index is 4.79. The van der Waals surface area contributed by atoms with E-state index in [2.05, 4.69) is 103 Å². The molecule has 0 aliphatic rings. The third-order valence-electron chi connectivity index (χ3n) is 11.2. The maximum Gasteiger partial charge on any atom is 0.114 e.